The predicted octanol–water partition coefficient (Wildman–Crippen LogP) is 2.58. The molecule has 0 radical (unpaired) electrons. The van der Waals surface area contributed by atoms with Crippen molar-refractivity contribution < 1.29 is 18.4 Å². The quantitative estimate of drug-likeness (QED) is 0.676. The van der Waals surface area contributed by atoms with Crippen LogP contribution in [0, 0.1) is 19.7 Å². The van der Waals surface area contributed by atoms with Gasteiger partial charge in [-0.3, -0.25) is 14.3 Å². The fourth-order valence-corrected chi connectivity index (χ4v) is 2.77. The van der Waals surface area contributed by atoms with E-state index >= 15 is 0 Å². The first-order valence-electron chi connectivity index (χ1n) is 8.35. The van der Waals surface area contributed by atoms with Gasteiger partial charge in [-0.05, 0) is 50.2 Å². The van der Waals surface area contributed by atoms with Crippen LogP contribution in [0.15, 0.2) is 53.1 Å². The number of hydrogen-bond acceptors (Lipinski definition) is 4. The van der Waals surface area contributed by atoms with Crippen molar-refractivity contribution in [2.45, 2.75) is 19.9 Å². The Kier molecular flexibility index (Phi) is 5.35. The van der Waals surface area contributed by atoms with E-state index in [0.29, 0.717) is 5.76 Å². The molecule has 1 aromatic carbocycles. The van der Waals surface area contributed by atoms with Crippen LogP contribution in [0.5, 0.6) is 0 Å². The Morgan fingerprint density at radius 3 is 2.63 bits per heavy atom. The smallest absolute Gasteiger partial charge is 0.313 e. The predicted molar refractivity (Wildman–Crippen MR) is 96.6 cm³/mol. The van der Waals surface area contributed by atoms with Crippen LogP contribution in [-0.2, 0) is 9.59 Å². The number of anilines is 1. The van der Waals surface area contributed by atoms with Gasteiger partial charge in [0.25, 0.3) is 0 Å². The molecule has 140 valence electrons. The molecule has 0 spiro atoms. The molecule has 2 N–H and O–H groups in total. The minimum Gasteiger partial charge on any atom is -0.467 e. The number of rotatable bonds is 5. The molecule has 1 atom stereocenters. The van der Waals surface area contributed by atoms with E-state index < -0.39 is 23.7 Å². The van der Waals surface area contributed by atoms with Crippen molar-refractivity contribution in [2.75, 3.05) is 11.9 Å². The number of nitrogens with zero attached hydrogens (tertiary/aromatic N) is 2. The standard InChI is InChI=1S/C19H19FN4O3/c1-12-9-13(2)24(23-12)16(17-7-4-8-27-17)11-21-18(25)19(26)22-15-6-3-5-14(20)10-15/h3-10,16H,11H2,1-2H3,(H,21,25)(H,22,26). The maximum atomic E-state index is 13.2. The van der Waals surface area contributed by atoms with Crippen LogP contribution in [0.2, 0.25) is 0 Å². The lowest BCUT2D eigenvalue weighted by Gasteiger charge is -2.18. The summed E-state index contributed by atoms with van der Waals surface area (Å²) in [4.78, 5) is 24.2. The molecule has 1 unspecified atom stereocenters. The van der Waals surface area contributed by atoms with Crippen LogP contribution >= 0.6 is 0 Å². The third-order valence-corrected chi connectivity index (χ3v) is 3.96. The lowest BCUT2D eigenvalue weighted by Crippen LogP contribution is -2.39. The van der Waals surface area contributed by atoms with Crippen LogP contribution in [-0.4, -0.2) is 28.1 Å². The first-order chi connectivity index (χ1) is 12.9. The molecule has 2 heterocycles. The monoisotopic (exact) mass is 370 g/mol. The van der Waals surface area contributed by atoms with Crippen molar-refractivity contribution >= 4 is 17.5 Å². The molecule has 7 nitrogen and oxygen atoms in total. The van der Waals surface area contributed by atoms with Gasteiger partial charge in [0, 0.05) is 17.9 Å². The zero-order valence-corrected chi connectivity index (χ0v) is 14.9. The number of carbonyl (C=O) groups excluding carboxylic acids is 2. The third-order valence-electron chi connectivity index (χ3n) is 3.96. The van der Waals surface area contributed by atoms with Gasteiger partial charge in [0.2, 0.25) is 0 Å². The van der Waals surface area contributed by atoms with Crippen molar-refractivity contribution in [2.24, 2.45) is 0 Å². The van der Waals surface area contributed by atoms with Gasteiger partial charge in [0.05, 0.1) is 12.0 Å². The summed E-state index contributed by atoms with van der Waals surface area (Å²) in [6, 6.07) is 10.3. The van der Waals surface area contributed by atoms with Gasteiger partial charge in [-0.15, -0.1) is 0 Å². The number of furan rings is 1. The highest BCUT2D eigenvalue weighted by atomic mass is 19.1. The van der Waals surface area contributed by atoms with E-state index in [-0.39, 0.29) is 12.2 Å². The minimum atomic E-state index is -0.882. The molecular weight excluding hydrogens is 351 g/mol. The number of amides is 2. The van der Waals surface area contributed by atoms with Crippen LogP contribution in [0.25, 0.3) is 0 Å². The summed E-state index contributed by atoms with van der Waals surface area (Å²) in [6.07, 6.45) is 1.53. The van der Waals surface area contributed by atoms with E-state index in [1.165, 1.54) is 24.5 Å². The van der Waals surface area contributed by atoms with Crippen LogP contribution in [0.3, 0.4) is 0 Å². The Hall–Kier alpha value is -3.42. The van der Waals surface area contributed by atoms with E-state index in [9.17, 15) is 14.0 Å². The fourth-order valence-electron chi connectivity index (χ4n) is 2.77. The summed E-state index contributed by atoms with van der Waals surface area (Å²) >= 11 is 0. The van der Waals surface area contributed by atoms with Gasteiger partial charge >= 0.3 is 11.8 Å². The number of carbonyl (C=O) groups is 2. The number of nitrogens with one attached hydrogen (secondary N) is 2. The fraction of sp³-hybridized carbons (Fsp3) is 0.211. The van der Waals surface area contributed by atoms with Crippen LogP contribution in [0.1, 0.15) is 23.2 Å². The molecule has 0 bridgehead atoms. The second-order valence-electron chi connectivity index (χ2n) is 6.08. The van der Waals surface area contributed by atoms with Crippen LogP contribution < -0.4 is 10.6 Å². The average molecular weight is 370 g/mol. The molecule has 2 aromatic heterocycles. The van der Waals surface area contributed by atoms with Crippen molar-refractivity contribution in [3.8, 4) is 0 Å². The molecule has 2 amide bonds. The van der Waals surface area contributed by atoms with E-state index in [1.54, 1.807) is 16.8 Å². The molecule has 27 heavy (non-hydrogen) atoms. The second-order valence-corrected chi connectivity index (χ2v) is 6.08. The molecule has 0 saturated heterocycles. The summed E-state index contributed by atoms with van der Waals surface area (Å²) < 4.78 is 20.4. The number of benzene rings is 1. The molecule has 3 aromatic rings. The Balaban J connectivity index is 1.69. The SMILES string of the molecule is Cc1cc(C)n(C(CNC(=O)C(=O)Nc2cccc(F)c2)c2ccco2)n1. The number of hydrogen-bond donors (Lipinski definition) is 2. The molecule has 8 heteroatoms. The molecule has 3 rings (SSSR count). The van der Waals surface area contributed by atoms with Crippen molar-refractivity contribution in [1.29, 1.82) is 0 Å². The summed E-state index contributed by atoms with van der Waals surface area (Å²) in [6.45, 7) is 3.87. The maximum Gasteiger partial charge on any atom is 0.313 e. The molecular formula is C19H19FN4O3. The third kappa shape index (κ3) is 4.41. The highest BCUT2D eigenvalue weighted by Gasteiger charge is 2.22. The van der Waals surface area contributed by atoms with Gasteiger partial charge in [-0.25, -0.2) is 4.39 Å². The highest BCUT2D eigenvalue weighted by molar-refractivity contribution is 6.39. The van der Waals surface area contributed by atoms with Crippen LogP contribution in [0.4, 0.5) is 10.1 Å². The maximum absolute atomic E-state index is 13.2. The normalized spacial score (nSPS) is 11.8. The summed E-state index contributed by atoms with van der Waals surface area (Å²) in [5, 5.41) is 9.36. The molecule has 0 fully saturated rings. The van der Waals surface area contributed by atoms with Crippen molar-refractivity contribution in [1.82, 2.24) is 15.1 Å². The lowest BCUT2D eigenvalue weighted by molar-refractivity contribution is -0.136. The van der Waals surface area contributed by atoms with Gasteiger partial charge in [-0.2, -0.15) is 5.10 Å². The van der Waals surface area contributed by atoms with Crippen molar-refractivity contribution in [3.05, 3.63) is 71.7 Å². The van der Waals surface area contributed by atoms with E-state index in [1.807, 2.05) is 19.9 Å². The van der Waals surface area contributed by atoms with Gasteiger partial charge < -0.3 is 15.1 Å². The molecule has 0 saturated carbocycles. The summed E-state index contributed by atoms with van der Waals surface area (Å²) in [7, 11) is 0. The summed E-state index contributed by atoms with van der Waals surface area (Å²) in [5.74, 6) is -1.62. The first-order valence-corrected chi connectivity index (χ1v) is 8.35. The number of aryl methyl sites for hydroxylation is 2. The van der Waals surface area contributed by atoms with Gasteiger partial charge in [0.1, 0.15) is 17.6 Å². The average Bonchev–Trinajstić information content (AvgIpc) is 3.25. The zero-order valence-electron chi connectivity index (χ0n) is 14.9. The summed E-state index contributed by atoms with van der Waals surface area (Å²) in [5.41, 5.74) is 1.93. The highest BCUT2D eigenvalue weighted by Crippen LogP contribution is 2.20. The Bertz CT molecular complexity index is 950. The molecule has 0 aliphatic heterocycles. The topological polar surface area (TPSA) is 89.2 Å². The Labute approximate surface area is 155 Å². The van der Waals surface area contributed by atoms with Gasteiger partial charge in [-0.1, -0.05) is 6.07 Å². The zero-order chi connectivity index (χ0) is 19.4. The molecule has 0 aliphatic rings. The largest absolute Gasteiger partial charge is 0.467 e. The number of aromatic nitrogens is 2. The Morgan fingerprint density at radius 2 is 2.00 bits per heavy atom. The van der Waals surface area contributed by atoms with E-state index in [2.05, 4.69) is 15.7 Å². The van der Waals surface area contributed by atoms with Gasteiger partial charge in [0.15, 0.2) is 0 Å². The Morgan fingerprint density at radius 1 is 1.19 bits per heavy atom. The lowest BCUT2D eigenvalue weighted by atomic mass is 10.2. The number of halogens is 1. The van der Waals surface area contributed by atoms with E-state index in [4.69, 9.17) is 4.42 Å². The van der Waals surface area contributed by atoms with E-state index in [0.717, 1.165) is 17.5 Å². The minimum absolute atomic E-state index is 0.102. The first kappa shape index (κ1) is 18.4. The molecule has 0 aliphatic carbocycles. The van der Waals surface area contributed by atoms with Crippen molar-refractivity contribution in [3.63, 3.8) is 0 Å². The second kappa shape index (κ2) is 7.86.